The van der Waals surface area contributed by atoms with E-state index in [-0.39, 0.29) is 24.7 Å². The molecule has 1 aromatic carbocycles. The molecule has 0 N–H and O–H groups in total. The maximum Gasteiger partial charge on any atom is 0.319 e. The van der Waals surface area contributed by atoms with Crippen molar-refractivity contribution in [3.63, 3.8) is 0 Å². The normalized spacial score (nSPS) is 10.5. The van der Waals surface area contributed by atoms with Crippen LogP contribution in [0.3, 0.4) is 0 Å². The van der Waals surface area contributed by atoms with E-state index in [2.05, 4.69) is 4.74 Å². The first-order valence-corrected chi connectivity index (χ1v) is 6.07. The molecule has 19 heavy (non-hydrogen) atoms. The van der Waals surface area contributed by atoms with Gasteiger partial charge in [0.25, 0.3) is 5.69 Å². The smallest absolute Gasteiger partial charge is 0.319 e. The molecule has 0 aliphatic rings. The number of benzene rings is 1. The third-order valence-electron chi connectivity index (χ3n) is 2.66. The monoisotopic (exact) mass is 286 g/mol. The fourth-order valence-corrected chi connectivity index (χ4v) is 1.82. The second-order valence-corrected chi connectivity index (χ2v) is 4.35. The van der Waals surface area contributed by atoms with E-state index in [1.54, 1.807) is 11.0 Å². The minimum Gasteiger partial charge on any atom is -0.468 e. The van der Waals surface area contributed by atoms with Gasteiger partial charge in [-0.1, -0.05) is 18.5 Å². The fraction of sp³-hybridized carbons (Fsp3) is 0.417. The van der Waals surface area contributed by atoms with Crippen molar-refractivity contribution in [2.45, 2.75) is 13.5 Å². The van der Waals surface area contributed by atoms with Gasteiger partial charge in [0.15, 0.2) is 0 Å². The third-order valence-corrected chi connectivity index (χ3v) is 2.89. The van der Waals surface area contributed by atoms with Crippen LogP contribution in [-0.4, -0.2) is 36.0 Å². The van der Waals surface area contributed by atoms with Gasteiger partial charge in [-0.3, -0.25) is 19.8 Å². The number of hydrogen-bond acceptors (Lipinski definition) is 5. The number of hydrogen-bond donors (Lipinski definition) is 0. The molecule has 0 saturated heterocycles. The van der Waals surface area contributed by atoms with E-state index in [9.17, 15) is 14.9 Å². The van der Waals surface area contributed by atoms with Gasteiger partial charge in [-0.05, 0) is 18.7 Å². The van der Waals surface area contributed by atoms with Crippen LogP contribution in [0.25, 0.3) is 0 Å². The second kappa shape index (κ2) is 7.06. The molecule has 0 atom stereocenters. The van der Waals surface area contributed by atoms with E-state index >= 15 is 0 Å². The summed E-state index contributed by atoms with van der Waals surface area (Å²) in [6.45, 7) is 2.78. The molecule has 1 aromatic rings. The molecule has 0 amide bonds. The molecule has 1 rings (SSSR count). The largest absolute Gasteiger partial charge is 0.468 e. The number of halogens is 1. The Morgan fingerprint density at radius 3 is 2.74 bits per heavy atom. The molecular weight excluding hydrogens is 272 g/mol. The zero-order chi connectivity index (χ0) is 14.4. The van der Waals surface area contributed by atoms with E-state index < -0.39 is 4.92 Å². The lowest BCUT2D eigenvalue weighted by atomic mass is 10.1. The van der Waals surface area contributed by atoms with E-state index in [0.29, 0.717) is 17.1 Å². The van der Waals surface area contributed by atoms with Crippen LogP contribution in [0.2, 0.25) is 5.02 Å². The van der Waals surface area contributed by atoms with E-state index in [1.165, 1.54) is 19.2 Å². The lowest BCUT2D eigenvalue weighted by molar-refractivity contribution is -0.385. The van der Waals surface area contributed by atoms with Gasteiger partial charge in [0.2, 0.25) is 0 Å². The summed E-state index contributed by atoms with van der Waals surface area (Å²) in [7, 11) is 1.30. The third kappa shape index (κ3) is 4.50. The lowest BCUT2D eigenvalue weighted by Crippen LogP contribution is -2.30. The average molecular weight is 287 g/mol. The highest BCUT2D eigenvalue weighted by atomic mass is 35.5. The van der Waals surface area contributed by atoms with Crippen LogP contribution in [0, 0.1) is 10.1 Å². The molecule has 6 nitrogen and oxygen atoms in total. The number of ether oxygens (including phenoxy) is 1. The Kier molecular flexibility index (Phi) is 5.72. The average Bonchev–Trinajstić information content (AvgIpc) is 2.37. The molecule has 7 heteroatoms. The maximum atomic E-state index is 11.2. The Bertz CT molecular complexity index is 479. The zero-order valence-corrected chi connectivity index (χ0v) is 11.5. The SMILES string of the molecule is CCN(CC(=O)OC)Cc1cc(Cl)ccc1[N+](=O)[O-]. The first kappa shape index (κ1) is 15.4. The van der Waals surface area contributed by atoms with Crippen molar-refractivity contribution in [3.05, 3.63) is 38.9 Å². The number of carbonyl (C=O) groups excluding carboxylic acids is 1. The predicted octanol–water partition coefficient (Wildman–Crippen LogP) is 2.24. The number of nitrogens with zero attached hydrogens (tertiary/aromatic N) is 2. The molecule has 0 aliphatic heterocycles. The van der Waals surface area contributed by atoms with Gasteiger partial charge in [0.05, 0.1) is 18.6 Å². The van der Waals surface area contributed by atoms with Crippen molar-refractivity contribution in [1.29, 1.82) is 0 Å². The molecule has 104 valence electrons. The molecule has 0 heterocycles. The molecule has 0 radical (unpaired) electrons. The summed E-state index contributed by atoms with van der Waals surface area (Å²) in [5, 5.41) is 11.4. The first-order chi connectivity index (χ1) is 8.97. The van der Waals surface area contributed by atoms with Crippen molar-refractivity contribution in [2.75, 3.05) is 20.2 Å². The van der Waals surface area contributed by atoms with Crippen molar-refractivity contribution in [1.82, 2.24) is 4.90 Å². The molecule has 0 spiro atoms. The van der Waals surface area contributed by atoms with Crippen LogP contribution in [0.4, 0.5) is 5.69 Å². The molecular formula is C12H15ClN2O4. The van der Waals surface area contributed by atoms with Gasteiger partial charge in [0.1, 0.15) is 0 Å². The van der Waals surface area contributed by atoms with Crippen LogP contribution >= 0.6 is 11.6 Å². The molecule has 0 aromatic heterocycles. The highest BCUT2D eigenvalue weighted by Crippen LogP contribution is 2.24. The van der Waals surface area contributed by atoms with Gasteiger partial charge < -0.3 is 4.74 Å². The number of likely N-dealkylation sites (N-methyl/N-ethyl adjacent to an activating group) is 1. The number of rotatable bonds is 6. The summed E-state index contributed by atoms with van der Waals surface area (Å²) < 4.78 is 4.58. The van der Waals surface area contributed by atoms with Crippen molar-refractivity contribution in [2.24, 2.45) is 0 Å². The second-order valence-electron chi connectivity index (χ2n) is 3.91. The van der Waals surface area contributed by atoms with Crippen LogP contribution in [0.15, 0.2) is 18.2 Å². The molecule has 0 bridgehead atoms. The lowest BCUT2D eigenvalue weighted by Gasteiger charge is -2.18. The van der Waals surface area contributed by atoms with E-state index in [1.807, 2.05) is 6.92 Å². The summed E-state index contributed by atoms with van der Waals surface area (Å²) in [5.41, 5.74) is 0.468. The minimum atomic E-state index is -0.461. The van der Waals surface area contributed by atoms with Gasteiger partial charge in [-0.15, -0.1) is 0 Å². The molecule has 0 saturated carbocycles. The number of carbonyl (C=O) groups is 1. The maximum absolute atomic E-state index is 11.2. The first-order valence-electron chi connectivity index (χ1n) is 5.70. The molecule has 0 fully saturated rings. The highest BCUT2D eigenvalue weighted by molar-refractivity contribution is 6.30. The van der Waals surface area contributed by atoms with Crippen LogP contribution in [0.1, 0.15) is 12.5 Å². The standard InChI is InChI=1S/C12H15ClN2O4/c1-3-14(8-12(16)19-2)7-9-6-10(13)4-5-11(9)15(17)18/h4-6H,3,7-8H2,1-2H3. The quantitative estimate of drug-likeness (QED) is 0.455. The Hall–Kier alpha value is -1.66. The van der Waals surface area contributed by atoms with Gasteiger partial charge >= 0.3 is 5.97 Å². The highest BCUT2D eigenvalue weighted by Gasteiger charge is 2.18. The van der Waals surface area contributed by atoms with Gasteiger partial charge in [-0.25, -0.2) is 0 Å². The van der Waals surface area contributed by atoms with E-state index in [0.717, 1.165) is 0 Å². The Balaban J connectivity index is 2.92. The van der Waals surface area contributed by atoms with Crippen molar-refractivity contribution >= 4 is 23.3 Å². The Morgan fingerprint density at radius 1 is 1.53 bits per heavy atom. The van der Waals surface area contributed by atoms with Gasteiger partial charge in [-0.2, -0.15) is 0 Å². The summed E-state index contributed by atoms with van der Waals surface area (Å²) in [6.07, 6.45) is 0. The summed E-state index contributed by atoms with van der Waals surface area (Å²) in [5.74, 6) is -0.383. The van der Waals surface area contributed by atoms with E-state index in [4.69, 9.17) is 11.6 Å². The summed E-state index contributed by atoms with van der Waals surface area (Å²) in [6, 6.07) is 4.38. The van der Waals surface area contributed by atoms with Crippen molar-refractivity contribution < 1.29 is 14.5 Å². The zero-order valence-electron chi connectivity index (χ0n) is 10.8. The van der Waals surface area contributed by atoms with Crippen LogP contribution in [0.5, 0.6) is 0 Å². The van der Waals surface area contributed by atoms with Crippen LogP contribution in [-0.2, 0) is 16.1 Å². The summed E-state index contributed by atoms with van der Waals surface area (Å²) in [4.78, 5) is 23.4. The number of nitro benzene ring substituents is 1. The Morgan fingerprint density at radius 2 is 2.21 bits per heavy atom. The van der Waals surface area contributed by atoms with Crippen molar-refractivity contribution in [3.8, 4) is 0 Å². The molecule has 0 aliphatic carbocycles. The van der Waals surface area contributed by atoms with Crippen LogP contribution < -0.4 is 0 Å². The Labute approximate surface area is 116 Å². The fourth-order valence-electron chi connectivity index (χ4n) is 1.63. The predicted molar refractivity (Wildman–Crippen MR) is 71.1 cm³/mol. The topological polar surface area (TPSA) is 72.7 Å². The summed E-state index contributed by atoms with van der Waals surface area (Å²) >= 11 is 5.85. The number of nitro groups is 1. The minimum absolute atomic E-state index is 0.00674. The molecule has 0 unspecified atom stereocenters. The number of methoxy groups -OCH3 is 1. The number of esters is 1. The van der Waals surface area contributed by atoms with Gasteiger partial charge in [0, 0.05) is 23.2 Å².